The van der Waals surface area contributed by atoms with Crippen molar-refractivity contribution in [3.8, 4) is 0 Å². The molecule has 0 spiro atoms. The molecule has 0 rings (SSSR count). The van der Waals surface area contributed by atoms with Gasteiger partial charge in [-0.1, -0.05) is 26.7 Å². The van der Waals surface area contributed by atoms with Gasteiger partial charge in [0.1, 0.15) is 0 Å². The van der Waals surface area contributed by atoms with Crippen LogP contribution in [0.15, 0.2) is 0 Å². The first kappa shape index (κ1) is 13.9. The summed E-state index contributed by atoms with van der Waals surface area (Å²) in [6.45, 7) is 8.67. The minimum atomic E-state index is 0.946. The number of nitrogens with zero attached hydrogens (tertiary/aromatic N) is 1. The Bertz CT molecular complexity index is 106. The Balaban J connectivity index is 2.92. The van der Waals surface area contributed by atoms with E-state index in [0.717, 1.165) is 19.8 Å². The number of rotatable bonds is 10. The van der Waals surface area contributed by atoms with Crippen molar-refractivity contribution in [1.29, 1.82) is 0 Å². The molecule has 0 aliphatic rings. The first-order valence-electron chi connectivity index (χ1n) is 6.07. The fraction of sp³-hybridized carbons (Fsp3) is 1.00. The maximum absolute atomic E-state index is 5.53. The monoisotopic (exact) mass is 201 g/mol. The van der Waals surface area contributed by atoms with E-state index >= 15 is 0 Å². The SMILES string of the molecule is CCCCCOCCCCN(C)CC. The number of hydrogen-bond acceptors (Lipinski definition) is 2. The maximum atomic E-state index is 5.53. The van der Waals surface area contributed by atoms with Crippen LogP contribution in [0.4, 0.5) is 0 Å². The fourth-order valence-electron chi connectivity index (χ4n) is 1.30. The Kier molecular flexibility index (Phi) is 10.9. The molecule has 0 aromatic rings. The molecule has 86 valence electrons. The van der Waals surface area contributed by atoms with E-state index in [-0.39, 0.29) is 0 Å². The van der Waals surface area contributed by atoms with Crippen molar-refractivity contribution in [3.05, 3.63) is 0 Å². The molecule has 0 saturated carbocycles. The van der Waals surface area contributed by atoms with E-state index in [9.17, 15) is 0 Å². The molecule has 0 aliphatic carbocycles. The fourth-order valence-corrected chi connectivity index (χ4v) is 1.30. The van der Waals surface area contributed by atoms with Crippen LogP contribution < -0.4 is 0 Å². The van der Waals surface area contributed by atoms with Crippen molar-refractivity contribution in [2.75, 3.05) is 33.4 Å². The van der Waals surface area contributed by atoms with Crippen LogP contribution in [0.3, 0.4) is 0 Å². The Morgan fingerprint density at radius 1 is 0.929 bits per heavy atom. The predicted octanol–water partition coefficient (Wildman–Crippen LogP) is 2.93. The summed E-state index contributed by atoms with van der Waals surface area (Å²) in [5.74, 6) is 0. The van der Waals surface area contributed by atoms with Gasteiger partial charge in [0.15, 0.2) is 0 Å². The summed E-state index contributed by atoms with van der Waals surface area (Å²) in [6, 6.07) is 0. The van der Waals surface area contributed by atoms with Crippen LogP contribution in [-0.4, -0.2) is 38.3 Å². The lowest BCUT2D eigenvalue weighted by Crippen LogP contribution is -2.19. The van der Waals surface area contributed by atoms with E-state index in [2.05, 4.69) is 25.8 Å². The lowest BCUT2D eigenvalue weighted by Gasteiger charge is -2.12. The maximum Gasteiger partial charge on any atom is 0.0466 e. The largest absolute Gasteiger partial charge is 0.381 e. The summed E-state index contributed by atoms with van der Waals surface area (Å²) in [5, 5.41) is 0. The molecule has 2 heteroatoms. The Morgan fingerprint density at radius 2 is 1.57 bits per heavy atom. The van der Waals surface area contributed by atoms with E-state index in [4.69, 9.17) is 4.74 Å². The molecule has 0 N–H and O–H groups in total. The second-order valence-electron chi connectivity index (χ2n) is 3.92. The zero-order valence-electron chi connectivity index (χ0n) is 10.2. The average Bonchev–Trinajstić information content (AvgIpc) is 2.21. The van der Waals surface area contributed by atoms with Crippen molar-refractivity contribution >= 4 is 0 Å². The second kappa shape index (κ2) is 11.0. The van der Waals surface area contributed by atoms with Gasteiger partial charge in [-0.2, -0.15) is 0 Å². The highest BCUT2D eigenvalue weighted by Gasteiger charge is 1.94. The minimum Gasteiger partial charge on any atom is -0.381 e. The quantitative estimate of drug-likeness (QED) is 0.504. The number of ether oxygens (including phenoxy) is 1. The molecule has 0 aromatic heterocycles. The van der Waals surface area contributed by atoms with Gasteiger partial charge in [0.25, 0.3) is 0 Å². The van der Waals surface area contributed by atoms with Crippen LogP contribution in [0.1, 0.15) is 46.0 Å². The van der Waals surface area contributed by atoms with Crippen molar-refractivity contribution in [2.45, 2.75) is 46.0 Å². The molecule has 14 heavy (non-hydrogen) atoms. The summed E-state index contributed by atoms with van der Waals surface area (Å²) in [5.41, 5.74) is 0. The first-order chi connectivity index (χ1) is 6.81. The van der Waals surface area contributed by atoms with E-state index in [0.29, 0.717) is 0 Å². The lowest BCUT2D eigenvalue weighted by atomic mass is 10.3. The smallest absolute Gasteiger partial charge is 0.0466 e. The molecule has 0 atom stereocenters. The number of unbranched alkanes of at least 4 members (excludes halogenated alkanes) is 3. The third kappa shape index (κ3) is 10.0. The first-order valence-corrected chi connectivity index (χ1v) is 6.07. The lowest BCUT2D eigenvalue weighted by molar-refractivity contribution is 0.124. The van der Waals surface area contributed by atoms with Crippen molar-refractivity contribution in [1.82, 2.24) is 4.90 Å². The van der Waals surface area contributed by atoms with Crippen molar-refractivity contribution in [2.24, 2.45) is 0 Å². The van der Waals surface area contributed by atoms with Gasteiger partial charge in [-0.05, 0) is 39.4 Å². The van der Waals surface area contributed by atoms with E-state index < -0.39 is 0 Å². The predicted molar refractivity (Wildman–Crippen MR) is 62.7 cm³/mol. The van der Waals surface area contributed by atoms with Gasteiger partial charge in [0.05, 0.1) is 0 Å². The molecular weight excluding hydrogens is 174 g/mol. The molecule has 0 saturated heterocycles. The molecule has 0 bridgehead atoms. The molecular formula is C12H27NO. The molecule has 0 radical (unpaired) electrons. The second-order valence-corrected chi connectivity index (χ2v) is 3.92. The topological polar surface area (TPSA) is 12.5 Å². The normalized spacial score (nSPS) is 11.1. The van der Waals surface area contributed by atoms with Crippen LogP contribution in [0.2, 0.25) is 0 Å². The van der Waals surface area contributed by atoms with Gasteiger partial charge in [-0.25, -0.2) is 0 Å². The zero-order valence-corrected chi connectivity index (χ0v) is 10.2. The summed E-state index contributed by atoms with van der Waals surface area (Å²) >= 11 is 0. The van der Waals surface area contributed by atoms with E-state index in [1.807, 2.05) is 0 Å². The van der Waals surface area contributed by atoms with Crippen LogP contribution in [0.25, 0.3) is 0 Å². The summed E-state index contributed by atoms with van der Waals surface area (Å²) < 4.78 is 5.53. The minimum absolute atomic E-state index is 0.946. The van der Waals surface area contributed by atoms with Gasteiger partial charge >= 0.3 is 0 Å². The Hall–Kier alpha value is -0.0800. The van der Waals surface area contributed by atoms with Crippen molar-refractivity contribution in [3.63, 3.8) is 0 Å². The van der Waals surface area contributed by atoms with Crippen LogP contribution in [0.5, 0.6) is 0 Å². The molecule has 0 fully saturated rings. The molecule has 2 nitrogen and oxygen atoms in total. The molecule has 0 heterocycles. The molecule has 0 amide bonds. The standard InChI is InChI=1S/C12H27NO/c1-4-6-8-11-14-12-9-7-10-13(3)5-2/h4-12H2,1-3H3. The molecule has 0 aromatic carbocycles. The molecule has 0 aliphatic heterocycles. The summed E-state index contributed by atoms with van der Waals surface area (Å²) in [7, 11) is 2.17. The van der Waals surface area contributed by atoms with Gasteiger partial charge in [0.2, 0.25) is 0 Å². The van der Waals surface area contributed by atoms with Crippen LogP contribution in [-0.2, 0) is 4.74 Å². The van der Waals surface area contributed by atoms with Gasteiger partial charge in [-0.15, -0.1) is 0 Å². The highest BCUT2D eigenvalue weighted by atomic mass is 16.5. The van der Waals surface area contributed by atoms with Crippen LogP contribution >= 0.6 is 0 Å². The van der Waals surface area contributed by atoms with Crippen LogP contribution in [0, 0.1) is 0 Å². The average molecular weight is 201 g/mol. The summed E-state index contributed by atoms with van der Waals surface area (Å²) in [4.78, 5) is 2.34. The Labute approximate surface area is 89.6 Å². The highest BCUT2D eigenvalue weighted by Crippen LogP contribution is 1.97. The third-order valence-corrected chi connectivity index (χ3v) is 2.51. The summed E-state index contributed by atoms with van der Waals surface area (Å²) in [6.07, 6.45) is 6.28. The van der Waals surface area contributed by atoms with Gasteiger partial charge in [-0.3, -0.25) is 0 Å². The zero-order chi connectivity index (χ0) is 10.6. The Morgan fingerprint density at radius 3 is 2.14 bits per heavy atom. The molecule has 0 unspecified atom stereocenters. The van der Waals surface area contributed by atoms with E-state index in [1.165, 1.54) is 38.6 Å². The van der Waals surface area contributed by atoms with Gasteiger partial charge < -0.3 is 9.64 Å². The highest BCUT2D eigenvalue weighted by molar-refractivity contribution is 4.48. The van der Waals surface area contributed by atoms with Gasteiger partial charge in [0, 0.05) is 13.2 Å². The third-order valence-electron chi connectivity index (χ3n) is 2.51. The van der Waals surface area contributed by atoms with E-state index in [1.54, 1.807) is 0 Å². The number of hydrogen-bond donors (Lipinski definition) is 0. The van der Waals surface area contributed by atoms with Crippen molar-refractivity contribution < 1.29 is 4.74 Å².